The Hall–Kier alpha value is -1.77. The standard InChI is InChI=1S/C18H27N3/c1-6-7-12-21-16(19)15(20-17(21)18(3,4)5)14-11-9-8-10-13(14)2/h8-11H,6-7,12,19H2,1-5H3. The number of nitrogens with two attached hydrogens (primary N) is 1. The smallest absolute Gasteiger partial charge is 0.131 e. The van der Waals surface area contributed by atoms with Crippen LogP contribution in [-0.2, 0) is 12.0 Å². The molecule has 0 radical (unpaired) electrons. The van der Waals surface area contributed by atoms with Crippen LogP contribution in [-0.4, -0.2) is 9.55 Å². The van der Waals surface area contributed by atoms with Crippen molar-refractivity contribution >= 4 is 5.82 Å². The van der Waals surface area contributed by atoms with Crippen LogP contribution in [0.5, 0.6) is 0 Å². The number of imidazole rings is 1. The van der Waals surface area contributed by atoms with Gasteiger partial charge in [0, 0.05) is 17.5 Å². The van der Waals surface area contributed by atoms with Gasteiger partial charge in [-0.3, -0.25) is 0 Å². The Morgan fingerprint density at radius 3 is 2.43 bits per heavy atom. The molecule has 0 aliphatic rings. The van der Waals surface area contributed by atoms with Crippen LogP contribution in [0.3, 0.4) is 0 Å². The molecule has 2 aromatic rings. The van der Waals surface area contributed by atoms with Gasteiger partial charge in [-0.15, -0.1) is 0 Å². The van der Waals surface area contributed by atoms with Crippen LogP contribution in [0.15, 0.2) is 24.3 Å². The summed E-state index contributed by atoms with van der Waals surface area (Å²) >= 11 is 0. The molecule has 0 saturated carbocycles. The second-order valence-corrected chi connectivity index (χ2v) is 6.74. The van der Waals surface area contributed by atoms with Gasteiger partial charge in [0.15, 0.2) is 0 Å². The summed E-state index contributed by atoms with van der Waals surface area (Å²) in [6, 6.07) is 8.30. The van der Waals surface area contributed by atoms with E-state index in [4.69, 9.17) is 10.7 Å². The Bertz CT molecular complexity index is 618. The molecular formula is C18H27N3. The fourth-order valence-corrected chi connectivity index (χ4v) is 2.62. The van der Waals surface area contributed by atoms with Crippen molar-refractivity contribution in [2.75, 3.05) is 5.73 Å². The Labute approximate surface area is 128 Å². The summed E-state index contributed by atoms with van der Waals surface area (Å²) in [6.07, 6.45) is 2.28. The number of aromatic nitrogens is 2. The van der Waals surface area contributed by atoms with Crippen molar-refractivity contribution in [1.29, 1.82) is 0 Å². The predicted octanol–water partition coefficient (Wildman–Crippen LogP) is 4.54. The molecule has 3 nitrogen and oxygen atoms in total. The van der Waals surface area contributed by atoms with Crippen molar-refractivity contribution in [3.05, 3.63) is 35.7 Å². The minimum atomic E-state index is -0.0111. The van der Waals surface area contributed by atoms with Crippen molar-refractivity contribution < 1.29 is 0 Å². The molecule has 0 aliphatic carbocycles. The Morgan fingerprint density at radius 1 is 1.19 bits per heavy atom. The zero-order valence-corrected chi connectivity index (χ0v) is 13.9. The van der Waals surface area contributed by atoms with E-state index in [1.807, 2.05) is 12.1 Å². The number of nitrogens with zero attached hydrogens (tertiary/aromatic N) is 2. The zero-order chi connectivity index (χ0) is 15.6. The van der Waals surface area contributed by atoms with E-state index in [9.17, 15) is 0 Å². The van der Waals surface area contributed by atoms with E-state index in [2.05, 4.69) is 51.3 Å². The number of anilines is 1. The molecule has 1 aromatic carbocycles. The highest BCUT2D eigenvalue weighted by molar-refractivity contribution is 5.73. The third kappa shape index (κ3) is 3.12. The van der Waals surface area contributed by atoms with Crippen LogP contribution in [0, 0.1) is 6.92 Å². The lowest BCUT2D eigenvalue weighted by atomic mass is 9.95. The molecule has 1 aromatic heterocycles. The van der Waals surface area contributed by atoms with E-state index in [0.717, 1.165) is 42.3 Å². The van der Waals surface area contributed by atoms with Crippen molar-refractivity contribution in [2.45, 2.75) is 59.4 Å². The molecule has 2 rings (SSSR count). The summed E-state index contributed by atoms with van der Waals surface area (Å²) in [4.78, 5) is 4.90. The fraction of sp³-hybridized carbons (Fsp3) is 0.500. The maximum absolute atomic E-state index is 6.44. The molecular weight excluding hydrogens is 258 g/mol. The van der Waals surface area contributed by atoms with Gasteiger partial charge in [0.25, 0.3) is 0 Å². The van der Waals surface area contributed by atoms with Crippen molar-refractivity contribution in [3.63, 3.8) is 0 Å². The van der Waals surface area contributed by atoms with Crippen LogP contribution in [0.25, 0.3) is 11.3 Å². The molecule has 3 heteroatoms. The van der Waals surface area contributed by atoms with Gasteiger partial charge in [0.2, 0.25) is 0 Å². The number of hydrogen-bond acceptors (Lipinski definition) is 2. The molecule has 114 valence electrons. The minimum absolute atomic E-state index is 0.0111. The largest absolute Gasteiger partial charge is 0.383 e. The second-order valence-electron chi connectivity index (χ2n) is 6.74. The maximum Gasteiger partial charge on any atom is 0.131 e. The monoisotopic (exact) mass is 285 g/mol. The van der Waals surface area contributed by atoms with Crippen molar-refractivity contribution in [3.8, 4) is 11.3 Å². The number of aryl methyl sites for hydroxylation is 1. The van der Waals surface area contributed by atoms with Gasteiger partial charge in [0.05, 0.1) is 0 Å². The number of benzene rings is 1. The van der Waals surface area contributed by atoms with E-state index in [1.54, 1.807) is 0 Å². The van der Waals surface area contributed by atoms with Gasteiger partial charge in [-0.25, -0.2) is 4.98 Å². The minimum Gasteiger partial charge on any atom is -0.383 e. The summed E-state index contributed by atoms with van der Waals surface area (Å²) < 4.78 is 2.20. The van der Waals surface area contributed by atoms with Crippen LogP contribution >= 0.6 is 0 Å². The topological polar surface area (TPSA) is 43.8 Å². The van der Waals surface area contributed by atoms with Gasteiger partial charge in [-0.2, -0.15) is 0 Å². The number of hydrogen-bond donors (Lipinski definition) is 1. The van der Waals surface area contributed by atoms with E-state index in [0.29, 0.717) is 0 Å². The quantitative estimate of drug-likeness (QED) is 0.896. The summed E-state index contributed by atoms with van der Waals surface area (Å²) in [5, 5.41) is 0. The SMILES string of the molecule is CCCCn1c(C(C)(C)C)nc(-c2ccccc2C)c1N. The van der Waals surface area contributed by atoms with Crippen molar-refractivity contribution in [2.24, 2.45) is 0 Å². The predicted molar refractivity (Wildman–Crippen MR) is 90.4 cm³/mol. The van der Waals surface area contributed by atoms with Crippen LogP contribution in [0.1, 0.15) is 51.9 Å². The first-order chi connectivity index (χ1) is 9.86. The van der Waals surface area contributed by atoms with Gasteiger partial charge in [0.1, 0.15) is 17.3 Å². The Kier molecular flexibility index (Phi) is 4.40. The van der Waals surface area contributed by atoms with E-state index in [1.165, 1.54) is 5.56 Å². The molecule has 0 unspecified atom stereocenters. The summed E-state index contributed by atoms with van der Waals surface area (Å²) in [5.74, 6) is 1.87. The Balaban J connectivity index is 2.59. The van der Waals surface area contributed by atoms with Gasteiger partial charge >= 0.3 is 0 Å². The molecule has 0 amide bonds. The zero-order valence-electron chi connectivity index (χ0n) is 13.9. The average molecular weight is 285 g/mol. The van der Waals surface area contributed by atoms with E-state index < -0.39 is 0 Å². The molecule has 21 heavy (non-hydrogen) atoms. The summed E-state index contributed by atoms with van der Waals surface area (Å²) in [6.45, 7) is 11.8. The molecule has 0 atom stereocenters. The highest BCUT2D eigenvalue weighted by atomic mass is 15.1. The fourth-order valence-electron chi connectivity index (χ4n) is 2.62. The molecule has 0 spiro atoms. The van der Waals surface area contributed by atoms with Crippen LogP contribution < -0.4 is 5.73 Å². The number of rotatable bonds is 4. The Morgan fingerprint density at radius 2 is 1.86 bits per heavy atom. The first-order valence-corrected chi connectivity index (χ1v) is 7.78. The number of unbranched alkanes of at least 4 members (excludes halogenated alkanes) is 1. The highest BCUT2D eigenvalue weighted by Crippen LogP contribution is 2.33. The molecule has 0 fully saturated rings. The summed E-state index contributed by atoms with van der Waals surface area (Å²) in [7, 11) is 0. The number of nitrogen functional groups attached to an aromatic ring is 1. The third-order valence-corrected chi connectivity index (χ3v) is 3.81. The molecule has 0 saturated heterocycles. The van der Waals surface area contributed by atoms with Crippen molar-refractivity contribution in [1.82, 2.24) is 9.55 Å². The van der Waals surface area contributed by atoms with E-state index >= 15 is 0 Å². The molecule has 0 bridgehead atoms. The van der Waals surface area contributed by atoms with Crippen LogP contribution in [0.4, 0.5) is 5.82 Å². The second kappa shape index (κ2) is 5.92. The van der Waals surface area contributed by atoms with Crippen LogP contribution in [0.2, 0.25) is 0 Å². The molecule has 0 aliphatic heterocycles. The normalized spacial score (nSPS) is 11.9. The lowest BCUT2D eigenvalue weighted by Gasteiger charge is -2.20. The highest BCUT2D eigenvalue weighted by Gasteiger charge is 2.25. The first kappa shape index (κ1) is 15.6. The summed E-state index contributed by atoms with van der Waals surface area (Å²) in [5.41, 5.74) is 9.70. The average Bonchev–Trinajstić information content (AvgIpc) is 2.74. The lowest BCUT2D eigenvalue weighted by molar-refractivity contribution is 0.491. The third-order valence-electron chi connectivity index (χ3n) is 3.81. The van der Waals surface area contributed by atoms with Gasteiger partial charge in [-0.1, -0.05) is 58.4 Å². The maximum atomic E-state index is 6.44. The van der Waals surface area contributed by atoms with Gasteiger partial charge in [-0.05, 0) is 18.9 Å². The van der Waals surface area contributed by atoms with E-state index in [-0.39, 0.29) is 5.41 Å². The van der Waals surface area contributed by atoms with Gasteiger partial charge < -0.3 is 10.3 Å². The first-order valence-electron chi connectivity index (χ1n) is 7.78. The lowest BCUT2D eigenvalue weighted by Crippen LogP contribution is -2.20. The molecule has 1 heterocycles. The molecule has 2 N–H and O–H groups in total.